The Balaban J connectivity index is 1.86. The van der Waals surface area contributed by atoms with Crippen molar-refractivity contribution in [3.8, 4) is 16.9 Å². The molecule has 0 heterocycles. The number of hydrogen-bond donors (Lipinski definition) is 1. The summed E-state index contributed by atoms with van der Waals surface area (Å²) in [4.78, 5) is 10.9. The lowest BCUT2D eigenvalue weighted by Gasteiger charge is -2.09. The fourth-order valence-electron chi connectivity index (χ4n) is 2.21. The van der Waals surface area contributed by atoms with Crippen LogP contribution in [0, 0.1) is 6.92 Å². The molecule has 0 unspecified atom stereocenters. The average Bonchev–Trinajstić information content (AvgIpc) is 3.24. The van der Waals surface area contributed by atoms with E-state index in [0.717, 1.165) is 35.3 Å². The highest BCUT2D eigenvalue weighted by atomic mass is 16.5. The van der Waals surface area contributed by atoms with E-state index in [1.54, 1.807) is 12.1 Å². The maximum atomic E-state index is 10.9. The van der Waals surface area contributed by atoms with Crippen LogP contribution in [0.4, 0.5) is 0 Å². The molecule has 1 aliphatic carbocycles. The van der Waals surface area contributed by atoms with Gasteiger partial charge in [-0.1, -0.05) is 18.2 Å². The summed E-state index contributed by atoms with van der Waals surface area (Å²) in [7, 11) is 0. The summed E-state index contributed by atoms with van der Waals surface area (Å²) in [6.45, 7) is 1.93. The molecule has 0 amide bonds. The lowest BCUT2D eigenvalue weighted by Crippen LogP contribution is -1.97. The lowest BCUT2D eigenvalue weighted by atomic mass is 9.98. The molecule has 2 aromatic carbocycles. The van der Waals surface area contributed by atoms with E-state index in [9.17, 15) is 4.79 Å². The van der Waals surface area contributed by atoms with Crippen molar-refractivity contribution in [2.75, 3.05) is 0 Å². The number of ether oxygens (including phenoxy) is 1. The van der Waals surface area contributed by atoms with Crippen LogP contribution in [0.5, 0.6) is 5.75 Å². The van der Waals surface area contributed by atoms with Gasteiger partial charge < -0.3 is 9.84 Å². The van der Waals surface area contributed by atoms with Gasteiger partial charge in [-0.3, -0.25) is 0 Å². The zero-order chi connectivity index (χ0) is 14.1. The van der Waals surface area contributed by atoms with Crippen LogP contribution in [0.15, 0.2) is 42.5 Å². The van der Waals surface area contributed by atoms with Crippen molar-refractivity contribution in [1.82, 2.24) is 0 Å². The zero-order valence-corrected chi connectivity index (χ0v) is 11.3. The number of carboxylic acids is 1. The van der Waals surface area contributed by atoms with Crippen molar-refractivity contribution in [1.29, 1.82) is 0 Å². The summed E-state index contributed by atoms with van der Waals surface area (Å²) in [5, 5.41) is 8.98. The zero-order valence-electron chi connectivity index (χ0n) is 11.3. The highest BCUT2D eigenvalue weighted by molar-refractivity contribution is 5.89. The third kappa shape index (κ3) is 2.67. The monoisotopic (exact) mass is 268 g/mol. The van der Waals surface area contributed by atoms with Crippen LogP contribution in [-0.2, 0) is 0 Å². The third-order valence-corrected chi connectivity index (χ3v) is 3.47. The minimum atomic E-state index is -0.896. The van der Waals surface area contributed by atoms with Crippen molar-refractivity contribution in [3.63, 3.8) is 0 Å². The summed E-state index contributed by atoms with van der Waals surface area (Å²) in [6, 6.07) is 13.2. The van der Waals surface area contributed by atoms with Crippen LogP contribution in [0.25, 0.3) is 11.1 Å². The second-order valence-electron chi connectivity index (χ2n) is 5.18. The van der Waals surface area contributed by atoms with Gasteiger partial charge in [-0.15, -0.1) is 0 Å². The fraction of sp³-hybridized carbons (Fsp3) is 0.235. The van der Waals surface area contributed by atoms with Gasteiger partial charge in [0.1, 0.15) is 5.75 Å². The Bertz CT molecular complexity index is 640. The van der Waals surface area contributed by atoms with Crippen molar-refractivity contribution >= 4 is 5.97 Å². The highest BCUT2D eigenvalue weighted by Gasteiger charge is 2.23. The first kappa shape index (κ1) is 12.7. The molecule has 1 aliphatic rings. The van der Waals surface area contributed by atoms with Gasteiger partial charge in [-0.2, -0.15) is 0 Å². The number of carbonyl (C=O) groups is 1. The number of carboxylic acid groups (broad SMARTS) is 1. The Morgan fingerprint density at radius 1 is 1.15 bits per heavy atom. The van der Waals surface area contributed by atoms with E-state index >= 15 is 0 Å². The van der Waals surface area contributed by atoms with Crippen LogP contribution < -0.4 is 4.74 Å². The SMILES string of the molecule is Cc1cc(C(=O)O)ccc1-c1ccc(OC2CC2)cc1. The first-order chi connectivity index (χ1) is 9.63. The van der Waals surface area contributed by atoms with E-state index < -0.39 is 5.97 Å². The van der Waals surface area contributed by atoms with Crippen molar-refractivity contribution in [2.24, 2.45) is 0 Å². The molecule has 0 atom stereocenters. The maximum Gasteiger partial charge on any atom is 0.335 e. The van der Waals surface area contributed by atoms with E-state index in [1.165, 1.54) is 0 Å². The molecule has 0 saturated heterocycles. The number of benzene rings is 2. The predicted octanol–water partition coefficient (Wildman–Crippen LogP) is 3.90. The molecule has 2 aromatic rings. The van der Waals surface area contributed by atoms with Crippen molar-refractivity contribution < 1.29 is 14.6 Å². The molecule has 20 heavy (non-hydrogen) atoms. The first-order valence-electron chi connectivity index (χ1n) is 6.74. The number of hydrogen-bond acceptors (Lipinski definition) is 2. The molecule has 3 nitrogen and oxygen atoms in total. The second-order valence-corrected chi connectivity index (χ2v) is 5.18. The van der Waals surface area contributed by atoms with Gasteiger partial charge in [0.25, 0.3) is 0 Å². The Morgan fingerprint density at radius 2 is 1.85 bits per heavy atom. The number of aryl methyl sites for hydroxylation is 1. The molecular formula is C17H16O3. The van der Waals surface area contributed by atoms with Gasteiger partial charge in [-0.25, -0.2) is 4.79 Å². The van der Waals surface area contributed by atoms with Crippen LogP contribution in [-0.4, -0.2) is 17.2 Å². The van der Waals surface area contributed by atoms with E-state index in [0.29, 0.717) is 11.7 Å². The summed E-state index contributed by atoms with van der Waals surface area (Å²) in [5.74, 6) is 0.00360. The fourth-order valence-corrected chi connectivity index (χ4v) is 2.21. The maximum absolute atomic E-state index is 10.9. The number of aromatic carboxylic acids is 1. The van der Waals surface area contributed by atoms with Gasteiger partial charge in [0.15, 0.2) is 0 Å². The second kappa shape index (κ2) is 5.00. The van der Waals surface area contributed by atoms with Crippen LogP contribution >= 0.6 is 0 Å². The third-order valence-electron chi connectivity index (χ3n) is 3.47. The van der Waals surface area contributed by atoms with Crippen molar-refractivity contribution in [3.05, 3.63) is 53.6 Å². The van der Waals surface area contributed by atoms with Crippen LogP contribution in [0.3, 0.4) is 0 Å². The highest BCUT2D eigenvalue weighted by Crippen LogP contribution is 2.30. The van der Waals surface area contributed by atoms with Gasteiger partial charge >= 0.3 is 5.97 Å². The summed E-state index contributed by atoms with van der Waals surface area (Å²) < 4.78 is 5.72. The molecule has 1 N–H and O–H groups in total. The van der Waals surface area contributed by atoms with Gasteiger partial charge in [0, 0.05) is 0 Å². The molecule has 0 radical (unpaired) electrons. The standard InChI is InChI=1S/C17H16O3/c1-11-10-13(17(18)19)4-9-16(11)12-2-5-14(6-3-12)20-15-7-8-15/h2-6,9-10,15H,7-8H2,1H3,(H,18,19). The normalized spacial score (nSPS) is 14.1. The Labute approximate surface area is 117 Å². The van der Waals surface area contributed by atoms with E-state index in [2.05, 4.69) is 0 Å². The average molecular weight is 268 g/mol. The molecule has 0 aromatic heterocycles. The molecule has 0 aliphatic heterocycles. The van der Waals surface area contributed by atoms with Crippen LogP contribution in [0.2, 0.25) is 0 Å². The first-order valence-corrected chi connectivity index (χ1v) is 6.74. The lowest BCUT2D eigenvalue weighted by molar-refractivity contribution is 0.0697. The Morgan fingerprint density at radius 3 is 2.40 bits per heavy atom. The van der Waals surface area contributed by atoms with Gasteiger partial charge in [-0.05, 0) is 60.7 Å². The van der Waals surface area contributed by atoms with Crippen LogP contribution in [0.1, 0.15) is 28.8 Å². The largest absolute Gasteiger partial charge is 0.490 e. The molecule has 0 spiro atoms. The minimum absolute atomic E-state index is 0.319. The van der Waals surface area contributed by atoms with E-state index in [4.69, 9.17) is 9.84 Å². The topological polar surface area (TPSA) is 46.5 Å². The minimum Gasteiger partial charge on any atom is -0.490 e. The van der Waals surface area contributed by atoms with E-state index in [-0.39, 0.29) is 0 Å². The summed E-state index contributed by atoms with van der Waals surface area (Å²) in [6.07, 6.45) is 2.70. The smallest absolute Gasteiger partial charge is 0.335 e. The Kier molecular flexibility index (Phi) is 3.18. The van der Waals surface area contributed by atoms with Gasteiger partial charge in [0.05, 0.1) is 11.7 Å². The summed E-state index contributed by atoms with van der Waals surface area (Å²) >= 11 is 0. The molecule has 102 valence electrons. The molecule has 1 fully saturated rings. The quantitative estimate of drug-likeness (QED) is 0.914. The summed E-state index contributed by atoms with van der Waals surface area (Å²) in [5.41, 5.74) is 3.40. The van der Waals surface area contributed by atoms with Crippen molar-refractivity contribution in [2.45, 2.75) is 25.9 Å². The predicted molar refractivity (Wildman–Crippen MR) is 77.2 cm³/mol. The molecule has 3 heteroatoms. The van der Waals surface area contributed by atoms with E-state index in [1.807, 2.05) is 37.3 Å². The Hall–Kier alpha value is -2.29. The molecule has 3 rings (SSSR count). The number of rotatable bonds is 4. The molecule has 0 bridgehead atoms. The molecule has 1 saturated carbocycles. The van der Waals surface area contributed by atoms with Gasteiger partial charge in [0.2, 0.25) is 0 Å². The molecular weight excluding hydrogens is 252 g/mol.